The van der Waals surface area contributed by atoms with Gasteiger partial charge in [-0.2, -0.15) is 0 Å². The maximum atomic E-state index is 12.9. The third-order valence-electron chi connectivity index (χ3n) is 7.64. The second-order valence-corrected chi connectivity index (χ2v) is 12.4. The van der Waals surface area contributed by atoms with Crippen molar-refractivity contribution in [2.45, 2.75) is 44.0 Å². The lowest BCUT2D eigenvalue weighted by Crippen LogP contribution is -2.25. The third-order valence-corrected chi connectivity index (χ3v) is 8.90. The zero-order valence-electron chi connectivity index (χ0n) is 22.9. The number of nitrogens with one attached hydrogen (secondary N) is 1. The van der Waals surface area contributed by atoms with Crippen LogP contribution in [-0.4, -0.2) is 39.6 Å². The molecule has 214 valence electrons. The Bertz CT molecular complexity index is 1820. The van der Waals surface area contributed by atoms with Gasteiger partial charge in [-0.25, -0.2) is 17.8 Å². The van der Waals surface area contributed by atoms with Crippen molar-refractivity contribution in [1.82, 2.24) is 24.9 Å². The number of hydrogen-bond acceptors (Lipinski definition) is 7. The summed E-state index contributed by atoms with van der Waals surface area (Å²) in [6.07, 6.45) is 2.97. The first kappa shape index (κ1) is 27.6. The molecule has 1 aliphatic rings. The van der Waals surface area contributed by atoms with Gasteiger partial charge < -0.3 is 9.63 Å². The number of aryl methyl sites for hydroxylation is 1. The fraction of sp³-hybridized carbons (Fsp3) is 0.226. The number of benzene rings is 3. The minimum atomic E-state index is -3.72. The maximum absolute atomic E-state index is 12.9. The highest BCUT2D eigenvalue weighted by molar-refractivity contribution is 7.88. The maximum Gasteiger partial charge on any atom is 0.314 e. The first-order chi connectivity index (χ1) is 20.2. The third kappa shape index (κ3) is 5.74. The topological polar surface area (TPSA) is 140 Å². The highest BCUT2D eigenvalue weighted by Crippen LogP contribution is 2.48. The number of hydrogen-bond donors (Lipinski definition) is 2. The van der Waals surface area contributed by atoms with Gasteiger partial charge in [-0.3, -0.25) is 4.79 Å². The summed E-state index contributed by atoms with van der Waals surface area (Å²) >= 11 is 0. The highest BCUT2D eigenvalue weighted by atomic mass is 32.2. The van der Waals surface area contributed by atoms with E-state index in [9.17, 15) is 18.3 Å². The van der Waals surface area contributed by atoms with Crippen molar-refractivity contribution < 1.29 is 22.8 Å². The van der Waals surface area contributed by atoms with Gasteiger partial charge >= 0.3 is 5.97 Å². The van der Waals surface area contributed by atoms with E-state index in [1.807, 2.05) is 78.9 Å². The van der Waals surface area contributed by atoms with Gasteiger partial charge in [0, 0.05) is 23.9 Å². The van der Waals surface area contributed by atoms with E-state index >= 15 is 0 Å². The molecule has 0 bridgehead atoms. The molecule has 2 heterocycles. The van der Waals surface area contributed by atoms with Crippen LogP contribution < -0.4 is 4.72 Å². The molecule has 6 rings (SSSR count). The molecule has 0 radical (unpaired) electrons. The summed E-state index contributed by atoms with van der Waals surface area (Å²) in [7, 11) is -3.72. The first-order valence-corrected chi connectivity index (χ1v) is 15.2. The lowest BCUT2D eigenvalue weighted by molar-refractivity contribution is -0.140. The normalized spacial score (nSPS) is 14.1. The van der Waals surface area contributed by atoms with Gasteiger partial charge in [0.05, 0.1) is 23.3 Å². The van der Waals surface area contributed by atoms with Gasteiger partial charge in [0.2, 0.25) is 10.0 Å². The minimum Gasteiger partial charge on any atom is -0.481 e. The van der Waals surface area contributed by atoms with Gasteiger partial charge in [0.1, 0.15) is 5.75 Å². The Morgan fingerprint density at radius 3 is 2.26 bits per heavy atom. The van der Waals surface area contributed by atoms with E-state index in [1.165, 1.54) is 0 Å². The smallest absolute Gasteiger partial charge is 0.314 e. The van der Waals surface area contributed by atoms with Crippen LogP contribution >= 0.6 is 0 Å². The van der Waals surface area contributed by atoms with Gasteiger partial charge in [-0.05, 0) is 42.0 Å². The lowest BCUT2D eigenvalue weighted by atomic mass is 9.93. The van der Waals surface area contributed by atoms with Crippen molar-refractivity contribution in [3.8, 4) is 22.5 Å². The molecule has 42 heavy (non-hydrogen) atoms. The molecule has 1 aliphatic carbocycles. The second kappa shape index (κ2) is 11.0. The predicted molar refractivity (Wildman–Crippen MR) is 156 cm³/mol. The molecular weight excluding hydrogens is 554 g/mol. The van der Waals surface area contributed by atoms with Gasteiger partial charge in [0.25, 0.3) is 0 Å². The van der Waals surface area contributed by atoms with Crippen molar-refractivity contribution in [1.29, 1.82) is 0 Å². The van der Waals surface area contributed by atoms with Crippen LogP contribution in [0.1, 0.15) is 40.9 Å². The van der Waals surface area contributed by atoms with E-state index in [1.54, 1.807) is 17.8 Å². The average Bonchev–Trinajstić information content (AvgIpc) is 3.58. The van der Waals surface area contributed by atoms with Crippen LogP contribution in [-0.2, 0) is 39.1 Å². The van der Waals surface area contributed by atoms with Crippen LogP contribution in [0.3, 0.4) is 0 Å². The number of carbonyl (C=O) groups is 1. The minimum absolute atomic E-state index is 0.0136. The monoisotopic (exact) mass is 583 g/mol. The summed E-state index contributed by atoms with van der Waals surface area (Å²) in [5, 5.41) is 21.7. The van der Waals surface area contributed by atoms with E-state index in [-0.39, 0.29) is 12.3 Å². The molecule has 0 aliphatic heterocycles. The zero-order chi connectivity index (χ0) is 29.3. The molecule has 10 nitrogen and oxygen atoms in total. The number of nitrogens with zero attached hydrogens (tertiary/aromatic N) is 4. The SMILES string of the molecule is Cc1noc(-c2ccc(-c3ccc(C4(C(=O)O)CC4)cc3)cc2)c1CNS(=O)(=O)Cc1cn(Cc2ccccc2)nn1. The molecule has 0 saturated heterocycles. The molecule has 2 aromatic heterocycles. The zero-order valence-corrected chi connectivity index (χ0v) is 23.7. The molecule has 11 heteroatoms. The summed E-state index contributed by atoms with van der Waals surface area (Å²) in [6.45, 7) is 2.28. The molecule has 5 aromatic rings. The quantitative estimate of drug-likeness (QED) is 0.228. The Hall–Kier alpha value is -4.61. The Kier molecular flexibility index (Phi) is 7.21. The number of carboxylic acid groups (broad SMARTS) is 1. The molecule has 1 fully saturated rings. The molecule has 2 N–H and O–H groups in total. The van der Waals surface area contributed by atoms with Gasteiger partial charge in [-0.15, -0.1) is 5.10 Å². The Morgan fingerprint density at radius 1 is 0.976 bits per heavy atom. The predicted octanol–water partition coefficient (Wildman–Crippen LogP) is 4.69. The van der Waals surface area contributed by atoms with Crippen LogP contribution in [0.4, 0.5) is 0 Å². The number of aromatic nitrogens is 4. The van der Waals surface area contributed by atoms with Crippen LogP contribution in [0.15, 0.2) is 89.6 Å². The molecule has 3 aromatic carbocycles. The van der Waals surface area contributed by atoms with Crippen molar-refractivity contribution in [2.24, 2.45) is 0 Å². The van der Waals surface area contributed by atoms with E-state index < -0.39 is 21.4 Å². The van der Waals surface area contributed by atoms with E-state index in [4.69, 9.17) is 4.52 Å². The summed E-state index contributed by atoms with van der Waals surface area (Å²) in [6, 6.07) is 25.1. The molecule has 1 saturated carbocycles. The van der Waals surface area contributed by atoms with Gasteiger partial charge in [-0.1, -0.05) is 89.2 Å². The van der Waals surface area contributed by atoms with Crippen LogP contribution in [0, 0.1) is 6.92 Å². The second-order valence-electron chi connectivity index (χ2n) is 10.6. The fourth-order valence-electron chi connectivity index (χ4n) is 5.05. The summed E-state index contributed by atoms with van der Waals surface area (Å²) in [5.41, 5.74) is 5.41. The Balaban J connectivity index is 1.11. The summed E-state index contributed by atoms with van der Waals surface area (Å²) in [4.78, 5) is 11.6. The molecule has 0 spiro atoms. The fourth-order valence-corrected chi connectivity index (χ4v) is 6.04. The number of sulfonamides is 1. The highest BCUT2D eigenvalue weighted by Gasteiger charge is 2.51. The molecule has 0 atom stereocenters. The van der Waals surface area contributed by atoms with Crippen molar-refractivity contribution >= 4 is 16.0 Å². The number of aliphatic carboxylic acids is 1. The van der Waals surface area contributed by atoms with Crippen LogP contribution in [0.2, 0.25) is 0 Å². The van der Waals surface area contributed by atoms with Crippen LogP contribution in [0.5, 0.6) is 0 Å². The average molecular weight is 584 g/mol. The molecular formula is C31H29N5O5S. The van der Waals surface area contributed by atoms with E-state index in [2.05, 4.69) is 20.2 Å². The molecule has 0 amide bonds. The number of rotatable bonds is 11. The van der Waals surface area contributed by atoms with Crippen molar-refractivity contribution in [3.05, 3.63) is 113 Å². The first-order valence-electron chi connectivity index (χ1n) is 13.5. The van der Waals surface area contributed by atoms with Crippen molar-refractivity contribution in [2.75, 3.05) is 0 Å². The van der Waals surface area contributed by atoms with Crippen LogP contribution in [0.25, 0.3) is 22.5 Å². The largest absolute Gasteiger partial charge is 0.481 e. The standard InChI is InChI=1S/C31H29N5O5S/c1-21-28(17-32-42(39,40)20-27-19-36(35-33-27)18-22-5-3-2-4-6-22)29(41-34-21)25-9-7-23(8-10-25)24-11-13-26(14-12-24)31(15-16-31)30(37)38/h2-14,19,32H,15-18,20H2,1H3,(H,37,38). The lowest BCUT2D eigenvalue weighted by Gasteiger charge is -2.11. The van der Waals surface area contributed by atoms with Crippen molar-refractivity contribution in [3.63, 3.8) is 0 Å². The summed E-state index contributed by atoms with van der Waals surface area (Å²) in [5.74, 6) is -0.586. The van der Waals surface area contributed by atoms with E-state index in [0.717, 1.165) is 27.8 Å². The Labute approximate surface area is 243 Å². The van der Waals surface area contributed by atoms with Gasteiger partial charge in [0.15, 0.2) is 5.76 Å². The summed E-state index contributed by atoms with van der Waals surface area (Å²) < 4.78 is 35.6. The molecule has 0 unspecified atom stereocenters. The van der Waals surface area contributed by atoms with E-state index in [0.29, 0.717) is 42.1 Å². The Morgan fingerprint density at radius 2 is 1.62 bits per heavy atom. The number of carboxylic acids is 1.